The molecule has 1 heterocycles. The first-order valence-electron chi connectivity index (χ1n) is 8.96. The lowest BCUT2D eigenvalue weighted by Gasteiger charge is -2.27. The monoisotopic (exact) mass is 324 g/mol. The predicted octanol–water partition coefficient (Wildman–Crippen LogP) is 3.74. The molecule has 0 saturated carbocycles. The highest BCUT2D eigenvalue weighted by Gasteiger charge is 2.45. The predicted molar refractivity (Wildman–Crippen MR) is 90.1 cm³/mol. The van der Waals surface area contributed by atoms with Crippen molar-refractivity contribution in [1.29, 1.82) is 0 Å². The van der Waals surface area contributed by atoms with Crippen LogP contribution < -0.4 is 0 Å². The molecule has 132 valence electrons. The van der Waals surface area contributed by atoms with E-state index in [0.29, 0.717) is 31.5 Å². The van der Waals surface area contributed by atoms with Gasteiger partial charge in [-0.05, 0) is 45.4 Å². The van der Waals surface area contributed by atoms with E-state index in [4.69, 9.17) is 14.2 Å². The van der Waals surface area contributed by atoms with Crippen LogP contribution >= 0.6 is 0 Å². The van der Waals surface area contributed by atoms with Crippen LogP contribution in [0.5, 0.6) is 0 Å². The van der Waals surface area contributed by atoms with E-state index in [1.165, 1.54) is 0 Å². The van der Waals surface area contributed by atoms with Crippen LogP contribution in [-0.2, 0) is 19.0 Å². The van der Waals surface area contributed by atoms with Crippen LogP contribution in [0.4, 0.5) is 0 Å². The van der Waals surface area contributed by atoms with Crippen LogP contribution in [-0.4, -0.2) is 37.0 Å². The summed E-state index contributed by atoms with van der Waals surface area (Å²) in [5.74, 6) is 0.934. The maximum absolute atomic E-state index is 12.2. The molecule has 0 aromatic heterocycles. The number of Topliss-reactive ketones (excluding diaryl/α,β-unsaturated/α-hetero) is 1. The Kier molecular flexibility index (Phi) is 6.40. The van der Waals surface area contributed by atoms with E-state index in [1.54, 1.807) is 0 Å². The fourth-order valence-electron chi connectivity index (χ4n) is 3.21. The molecule has 0 amide bonds. The Morgan fingerprint density at radius 2 is 2.04 bits per heavy atom. The number of fused-ring (bicyclic) bond motifs is 1. The van der Waals surface area contributed by atoms with E-state index in [1.807, 2.05) is 20.8 Å². The minimum atomic E-state index is -0.574. The molecule has 0 bridgehead atoms. The molecule has 0 radical (unpaired) electrons. The number of ether oxygens (including phenoxy) is 3. The van der Waals surface area contributed by atoms with Gasteiger partial charge >= 0.3 is 0 Å². The first-order chi connectivity index (χ1) is 10.8. The summed E-state index contributed by atoms with van der Waals surface area (Å²) >= 11 is 0. The van der Waals surface area contributed by atoms with Crippen molar-refractivity contribution in [2.24, 2.45) is 17.8 Å². The average molecular weight is 324 g/mol. The van der Waals surface area contributed by atoms with E-state index in [2.05, 4.69) is 26.0 Å². The van der Waals surface area contributed by atoms with Gasteiger partial charge in [0, 0.05) is 18.9 Å². The fourth-order valence-corrected chi connectivity index (χ4v) is 3.21. The molecule has 4 heteroatoms. The highest BCUT2D eigenvalue weighted by molar-refractivity contribution is 5.85. The third kappa shape index (κ3) is 5.70. The Morgan fingerprint density at radius 1 is 1.30 bits per heavy atom. The summed E-state index contributed by atoms with van der Waals surface area (Å²) in [6.45, 7) is 11.5. The van der Waals surface area contributed by atoms with Gasteiger partial charge in [0.05, 0.1) is 12.7 Å². The zero-order chi connectivity index (χ0) is 17.0. The summed E-state index contributed by atoms with van der Waals surface area (Å²) in [5, 5.41) is 0. The number of epoxide rings is 1. The topological polar surface area (TPSA) is 48.1 Å². The van der Waals surface area contributed by atoms with Gasteiger partial charge in [0.2, 0.25) is 0 Å². The number of hydrogen-bond donors (Lipinski definition) is 0. The smallest absolute Gasteiger partial charge is 0.164 e. The molecule has 1 aliphatic heterocycles. The van der Waals surface area contributed by atoms with Crippen LogP contribution in [0.15, 0.2) is 12.2 Å². The molecular weight excluding hydrogens is 292 g/mol. The standard InChI is InChI=1S/C19H32O4/c1-6-21-19(4,5)22-12-14-7-8-15(13(2)3)9-10-16(20)18-17(11-14)23-18/h7-8,13-15,17-18H,6,9-12H2,1-5H3/b8-7-. The van der Waals surface area contributed by atoms with Crippen molar-refractivity contribution in [1.82, 2.24) is 0 Å². The Morgan fingerprint density at radius 3 is 2.70 bits per heavy atom. The molecule has 4 atom stereocenters. The van der Waals surface area contributed by atoms with Crippen molar-refractivity contribution in [2.45, 2.75) is 71.9 Å². The fraction of sp³-hybridized carbons (Fsp3) is 0.842. The summed E-state index contributed by atoms with van der Waals surface area (Å²) in [4.78, 5) is 12.2. The third-order valence-corrected chi connectivity index (χ3v) is 4.78. The SMILES string of the molecule is CCOC(C)(C)OCC1/C=C\C(C(C)C)CCC(=O)C2OC2C1. The van der Waals surface area contributed by atoms with Gasteiger partial charge in [-0.15, -0.1) is 0 Å². The molecule has 0 spiro atoms. The minimum Gasteiger partial charge on any atom is -0.361 e. The highest BCUT2D eigenvalue weighted by atomic mass is 16.7. The molecule has 0 aromatic carbocycles. The number of ketones is 1. The van der Waals surface area contributed by atoms with Crippen molar-refractivity contribution in [3.8, 4) is 0 Å². The van der Waals surface area contributed by atoms with Gasteiger partial charge in [-0.3, -0.25) is 4.79 Å². The van der Waals surface area contributed by atoms with Gasteiger partial charge < -0.3 is 14.2 Å². The molecule has 2 rings (SSSR count). The van der Waals surface area contributed by atoms with Gasteiger partial charge in [0.1, 0.15) is 6.10 Å². The lowest BCUT2D eigenvalue weighted by Crippen LogP contribution is -2.31. The summed E-state index contributed by atoms with van der Waals surface area (Å²) in [6, 6.07) is 0. The molecule has 4 unspecified atom stereocenters. The number of rotatable bonds is 6. The molecule has 1 fully saturated rings. The third-order valence-electron chi connectivity index (χ3n) is 4.78. The van der Waals surface area contributed by atoms with E-state index in [9.17, 15) is 4.79 Å². The number of carbonyl (C=O) groups is 1. The zero-order valence-electron chi connectivity index (χ0n) is 15.2. The molecule has 0 N–H and O–H groups in total. The molecule has 2 aliphatic rings. The molecule has 1 saturated heterocycles. The minimum absolute atomic E-state index is 0.0755. The number of hydrogen-bond acceptors (Lipinski definition) is 4. The van der Waals surface area contributed by atoms with E-state index in [-0.39, 0.29) is 23.9 Å². The average Bonchev–Trinajstić information content (AvgIpc) is 3.23. The quantitative estimate of drug-likeness (QED) is 0.424. The Bertz CT molecular complexity index is 427. The van der Waals surface area contributed by atoms with Crippen molar-refractivity contribution < 1.29 is 19.0 Å². The molecule has 4 nitrogen and oxygen atoms in total. The van der Waals surface area contributed by atoms with Crippen molar-refractivity contribution in [2.75, 3.05) is 13.2 Å². The summed E-state index contributed by atoms with van der Waals surface area (Å²) < 4.78 is 17.2. The second-order valence-electron chi connectivity index (χ2n) is 7.53. The second-order valence-corrected chi connectivity index (χ2v) is 7.53. The lowest BCUT2D eigenvalue weighted by molar-refractivity contribution is -0.215. The Balaban J connectivity index is 2.01. The summed E-state index contributed by atoms with van der Waals surface area (Å²) in [6.07, 6.45) is 6.84. The molecular formula is C19H32O4. The zero-order valence-corrected chi connectivity index (χ0v) is 15.2. The van der Waals surface area contributed by atoms with Crippen LogP contribution in [0, 0.1) is 17.8 Å². The van der Waals surface area contributed by atoms with Crippen molar-refractivity contribution in [3.63, 3.8) is 0 Å². The Labute approximate surface area is 140 Å². The van der Waals surface area contributed by atoms with Crippen molar-refractivity contribution >= 4 is 5.78 Å². The van der Waals surface area contributed by atoms with Gasteiger partial charge in [-0.1, -0.05) is 26.0 Å². The Hall–Kier alpha value is -0.710. The maximum Gasteiger partial charge on any atom is 0.164 e. The number of allylic oxidation sites excluding steroid dienone is 1. The van der Waals surface area contributed by atoms with Crippen molar-refractivity contribution in [3.05, 3.63) is 12.2 Å². The second kappa shape index (κ2) is 7.91. The van der Waals surface area contributed by atoms with E-state index < -0.39 is 5.79 Å². The molecule has 0 aromatic rings. The number of carbonyl (C=O) groups excluding carboxylic acids is 1. The summed E-state index contributed by atoms with van der Waals surface area (Å²) in [5.41, 5.74) is 0. The van der Waals surface area contributed by atoms with E-state index in [0.717, 1.165) is 12.8 Å². The van der Waals surface area contributed by atoms with Crippen LogP contribution in [0.2, 0.25) is 0 Å². The van der Waals surface area contributed by atoms with Crippen LogP contribution in [0.25, 0.3) is 0 Å². The van der Waals surface area contributed by atoms with Gasteiger partial charge in [0.25, 0.3) is 0 Å². The molecule has 1 aliphatic carbocycles. The summed E-state index contributed by atoms with van der Waals surface area (Å²) in [7, 11) is 0. The van der Waals surface area contributed by atoms with Crippen LogP contribution in [0.3, 0.4) is 0 Å². The highest BCUT2D eigenvalue weighted by Crippen LogP contribution is 2.34. The van der Waals surface area contributed by atoms with Gasteiger partial charge in [0.15, 0.2) is 11.6 Å². The largest absolute Gasteiger partial charge is 0.361 e. The normalized spacial score (nSPS) is 33.4. The van der Waals surface area contributed by atoms with Gasteiger partial charge in [-0.2, -0.15) is 0 Å². The maximum atomic E-state index is 12.2. The first kappa shape index (κ1) is 18.6. The molecule has 23 heavy (non-hydrogen) atoms. The van der Waals surface area contributed by atoms with Gasteiger partial charge in [-0.25, -0.2) is 0 Å². The van der Waals surface area contributed by atoms with E-state index >= 15 is 0 Å². The lowest BCUT2D eigenvalue weighted by atomic mass is 9.86. The van der Waals surface area contributed by atoms with Crippen LogP contribution in [0.1, 0.15) is 53.9 Å². The first-order valence-corrected chi connectivity index (χ1v) is 8.96.